The Balaban J connectivity index is 1.85. The maximum atomic E-state index is 12.2. The van der Waals surface area contributed by atoms with Crippen LogP contribution in [0.3, 0.4) is 0 Å². The smallest absolute Gasteiger partial charge is 0.223 e. The molecule has 4 nitrogen and oxygen atoms in total. The SMILES string of the molecule is CC(=O)N(CCC(=O)NCCCc1ccccc1)c1c(C)cc(C)cc1C. The topological polar surface area (TPSA) is 49.4 Å². The van der Waals surface area contributed by atoms with E-state index in [1.54, 1.807) is 11.8 Å². The minimum atomic E-state index is -0.0399. The van der Waals surface area contributed by atoms with E-state index in [0.717, 1.165) is 29.7 Å². The van der Waals surface area contributed by atoms with Crippen LogP contribution >= 0.6 is 0 Å². The molecule has 0 aromatic heterocycles. The van der Waals surface area contributed by atoms with Crippen LogP contribution in [0.5, 0.6) is 0 Å². The average Bonchev–Trinajstić information content (AvgIpc) is 2.61. The van der Waals surface area contributed by atoms with Gasteiger partial charge in [0.25, 0.3) is 0 Å². The number of benzene rings is 2. The Morgan fingerprint density at radius 3 is 2.22 bits per heavy atom. The van der Waals surface area contributed by atoms with Crippen molar-refractivity contribution < 1.29 is 9.59 Å². The third-order valence-corrected chi connectivity index (χ3v) is 4.66. The van der Waals surface area contributed by atoms with Crippen molar-refractivity contribution >= 4 is 17.5 Å². The van der Waals surface area contributed by atoms with Crippen LogP contribution in [0.2, 0.25) is 0 Å². The third-order valence-electron chi connectivity index (χ3n) is 4.66. The van der Waals surface area contributed by atoms with E-state index < -0.39 is 0 Å². The second kappa shape index (κ2) is 9.91. The predicted molar refractivity (Wildman–Crippen MR) is 111 cm³/mol. The molecule has 0 atom stereocenters. The van der Waals surface area contributed by atoms with Crippen molar-refractivity contribution in [3.63, 3.8) is 0 Å². The minimum Gasteiger partial charge on any atom is -0.356 e. The summed E-state index contributed by atoms with van der Waals surface area (Å²) in [6, 6.07) is 14.4. The number of carbonyl (C=O) groups excluding carboxylic acids is 2. The zero-order chi connectivity index (χ0) is 19.8. The molecular formula is C23H30N2O2. The number of anilines is 1. The molecule has 1 N–H and O–H groups in total. The van der Waals surface area contributed by atoms with Gasteiger partial charge < -0.3 is 10.2 Å². The molecule has 2 rings (SSSR count). The molecule has 0 fully saturated rings. The second-order valence-corrected chi connectivity index (χ2v) is 7.11. The number of rotatable bonds is 8. The predicted octanol–water partition coefficient (Wildman–Crippen LogP) is 4.10. The number of hydrogen-bond acceptors (Lipinski definition) is 2. The van der Waals surface area contributed by atoms with Crippen LogP contribution in [-0.4, -0.2) is 24.9 Å². The molecule has 0 unspecified atom stereocenters. The van der Waals surface area contributed by atoms with Crippen LogP contribution in [0.4, 0.5) is 5.69 Å². The molecule has 0 heterocycles. The Hall–Kier alpha value is -2.62. The second-order valence-electron chi connectivity index (χ2n) is 7.11. The molecule has 2 aromatic rings. The van der Waals surface area contributed by atoms with Gasteiger partial charge in [0.05, 0.1) is 0 Å². The highest BCUT2D eigenvalue weighted by molar-refractivity contribution is 5.94. The summed E-state index contributed by atoms with van der Waals surface area (Å²) in [4.78, 5) is 26.1. The van der Waals surface area contributed by atoms with Gasteiger partial charge in [-0.3, -0.25) is 9.59 Å². The Labute approximate surface area is 162 Å². The molecule has 0 radical (unpaired) electrons. The lowest BCUT2D eigenvalue weighted by Gasteiger charge is -2.25. The fourth-order valence-electron chi connectivity index (χ4n) is 3.49. The van der Waals surface area contributed by atoms with E-state index in [-0.39, 0.29) is 11.8 Å². The van der Waals surface area contributed by atoms with E-state index >= 15 is 0 Å². The summed E-state index contributed by atoms with van der Waals surface area (Å²) in [5.41, 5.74) is 5.50. The first-order valence-electron chi connectivity index (χ1n) is 9.55. The summed E-state index contributed by atoms with van der Waals surface area (Å²) < 4.78 is 0. The van der Waals surface area contributed by atoms with Crippen molar-refractivity contribution in [2.24, 2.45) is 0 Å². The quantitative estimate of drug-likeness (QED) is 0.715. The van der Waals surface area contributed by atoms with E-state index in [1.165, 1.54) is 11.1 Å². The minimum absolute atomic E-state index is 0.0169. The highest BCUT2D eigenvalue weighted by Gasteiger charge is 2.17. The summed E-state index contributed by atoms with van der Waals surface area (Å²) in [6.45, 7) is 8.66. The summed E-state index contributed by atoms with van der Waals surface area (Å²) >= 11 is 0. The van der Waals surface area contributed by atoms with Crippen molar-refractivity contribution in [1.82, 2.24) is 5.32 Å². The Bertz CT molecular complexity index is 761. The maximum Gasteiger partial charge on any atom is 0.223 e. The number of amides is 2. The van der Waals surface area contributed by atoms with E-state index in [2.05, 4.69) is 29.6 Å². The van der Waals surface area contributed by atoms with Crippen LogP contribution in [0.15, 0.2) is 42.5 Å². The van der Waals surface area contributed by atoms with Gasteiger partial charge in [-0.2, -0.15) is 0 Å². The fraction of sp³-hybridized carbons (Fsp3) is 0.391. The lowest BCUT2D eigenvalue weighted by atomic mass is 10.0. The largest absolute Gasteiger partial charge is 0.356 e. The maximum absolute atomic E-state index is 12.2. The van der Waals surface area contributed by atoms with Crippen LogP contribution < -0.4 is 10.2 Å². The van der Waals surface area contributed by atoms with Crippen LogP contribution in [0.1, 0.15) is 42.0 Å². The Morgan fingerprint density at radius 2 is 1.63 bits per heavy atom. The standard InChI is InChI=1S/C23H30N2O2/c1-17-15-18(2)23(19(3)16-17)25(20(4)26)14-12-22(27)24-13-8-11-21-9-6-5-7-10-21/h5-7,9-10,15-16H,8,11-14H2,1-4H3,(H,24,27). The van der Waals surface area contributed by atoms with Gasteiger partial charge in [-0.15, -0.1) is 0 Å². The van der Waals surface area contributed by atoms with Gasteiger partial charge in [-0.1, -0.05) is 48.0 Å². The number of aryl methyl sites for hydroxylation is 4. The third kappa shape index (κ3) is 6.24. The highest BCUT2D eigenvalue weighted by Crippen LogP contribution is 2.26. The van der Waals surface area contributed by atoms with Gasteiger partial charge in [0, 0.05) is 32.1 Å². The van der Waals surface area contributed by atoms with Crippen molar-refractivity contribution in [3.8, 4) is 0 Å². The van der Waals surface area contributed by atoms with Gasteiger partial charge in [0.1, 0.15) is 0 Å². The first-order chi connectivity index (χ1) is 12.9. The van der Waals surface area contributed by atoms with Crippen molar-refractivity contribution in [3.05, 3.63) is 64.7 Å². The molecule has 0 bridgehead atoms. The van der Waals surface area contributed by atoms with Crippen molar-refractivity contribution in [2.75, 3.05) is 18.0 Å². The molecule has 2 amide bonds. The lowest BCUT2D eigenvalue weighted by molar-refractivity contribution is -0.121. The molecule has 4 heteroatoms. The van der Waals surface area contributed by atoms with E-state index in [9.17, 15) is 9.59 Å². The van der Waals surface area contributed by atoms with Crippen molar-refractivity contribution in [1.29, 1.82) is 0 Å². The fourth-order valence-corrected chi connectivity index (χ4v) is 3.49. The lowest BCUT2D eigenvalue weighted by Crippen LogP contribution is -2.35. The monoisotopic (exact) mass is 366 g/mol. The number of nitrogens with one attached hydrogen (secondary N) is 1. The summed E-state index contributed by atoms with van der Waals surface area (Å²) in [5, 5.41) is 2.96. The van der Waals surface area contributed by atoms with Gasteiger partial charge in [-0.05, 0) is 50.3 Å². The van der Waals surface area contributed by atoms with Gasteiger partial charge >= 0.3 is 0 Å². The highest BCUT2D eigenvalue weighted by atomic mass is 16.2. The summed E-state index contributed by atoms with van der Waals surface area (Å²) in [7, 11) is 0. The van der Waals surface area contributed by atoms with E-state index in [4.69, 9.17) is 0 Å². The molecule has 0 saturated carbocycles. The number of hydrogen-bond donors (Lipinski definition) is 1. The molecule has 27 heavy (non-hydrogen) atoms. The van der Waals surface area contributed by atoms with Gasteiger partial charge in [-0.25, -0.2) is 0 Å². The molecular weight excluding hydrogens is 336 g/mol. The Kier molecular flexibility index (Phi) is 7.59. The van der Waals surface area contributed by atoms with Crippen molar-refractivity contribution in [2.45, 2.75) is 47.0 Å². The zero-order valence-corrected chi connectivity index (χ0v) is 16.8. The van der Waals surface area contributed by atoms with Gasteiger partial charge in [0.15, 0.2) is 0 Å². The first-order valence-corrected chi connectivity index (χ1v) is 9.55. The number of nitrogens with zero attached hydrogens (tertiary/aromatic N) is 1. The molecule has 0 saturated heterocycles. The molecule has 2 aromatic carbocycles. The average molecular weight is 367 g/mol. The van der Waals surface area contributed by atoms with Crippen LogP contribution in [-0.2, 0) is 16.0 Å². The first kappa shape index (κ1) is 20.7. The molecule has 0 aliphatic rings. The van der Waals surface area contributed by atoms with Gasteiger partial charge in [0.2, 0.25) is 11.8 Å². The zero-order valence-electron chi connectivity index (χ0n) is 16.8. The normalized spacial score (nSPS) is 10.5. The summed E-state index contributed by atoms with van der Waals surface area (Å²) in [6.07, 6.45) is 2.16. The van der Waals surface area contributed by atoms with Crippen LogP contribution in [0.25, 0.3) is 0 Å². The van der Waals surface area contributed by atoms with E-state index in [0.29, 0.717) is 19.5 Å². The molecule has 0 aliphatic carbocycles. The number of carbonyl (C=O) groups is 2. The molecule has 0 spiro atoms. The summed E-state index contributed by atoms with van der Waals surface area (Å²) in [5.74, 6) is -0.0568. The van der Waals surface area contributed by atoms with Crippen LogP contribution in [0, 0.1) is 20.8 Å². The Morgan fingerprint density at radius 1 is 1.00 bits per heavy atom. The van der Waals surface area contributed by atoms with E-state index in [1.807, 2.05) is 39.0 Å². The molecule has 144 valence electrons. The molecule has 0 aliphatic heterocycles.